The minimum atomic E-state index is -0.00739. The maximum Gasteiger partial charge on any atom is 0.224 e. The number of hydrogen-bond donors (Lipinski definition) is 1. The Morgan fingerprint density at radius 1 is 1.21 bits per heavy atom. The summed E-state index contributed by atoms with van der Waals surface area (Å²) in [6, 6.07) is 15.8. The standard InChI is InChI=1S/C19H18BrN3O/c1-14-7-9-18(17(20)11-14)22-19(24)10-8-15-12-21-23(13-15)16-5-3-2-4-6-16/h2-7,9,11-13H,8,10H2,1H3,(H,22,24). The van der Waals surface area contributed by atoms with Crippen LogP contribution in [0.5, 0.6) is 0 Å². The predicted molar refractivity (Wildman–Crippen MR) is 99.4 cm³/mol. The SMILES string of the molecule is Cc1ccc(NC(=O)CCc2cnn(-c3ccccc3)c2)c(Br)c1. The van der Waals surface area contributed by atoms with Gasteiger partial charge in [-0.1, -0.05) is 24.3 Å². The van der Waals surface area contributed by atoms with Gasteiger partial charge < -0.3 is 5.32 Å². The summed E-state index contributed by atoms with van der Waals surface area (Å²) in [5, 5.41) is 7.28. The number of halogens is 1. The van der Waals surface area contributed by atoms with Crippen LogP contribution in [0.4, 0.5) is 5.69 Å². The molecule has 0 spiro atoms. The largest absolute Gasteiger partial charge is 0.325 e. The van der Waals surface area contributed by atoms with Crippen LogP contribution < -0.4 is 5.32 Å². The Labute approximate surface area is 149 Å². The Morgan fingerprint density at radius 2 is 2.00 bits per heavy atom. The smallest absolute Gasteiger partial charge is 0.224 e. The zero-order valence-electron chi connectivity index (χ0n) is 13.4. The van der Waals surface area contributed by atoms with Crippen molar-refractivity contribution in [3.8, 4) is 5.69 Å². The van der Waals surface area contributed by atoms with Crippen molar-refractivity contribution >= 4 is 27.5 Å². The van der Waals surface area contributed by atoms with E-state index in [-0.39, 0.29) is 5.91 Å². The first-order chi connectivity index (χ1) is 11.6. The third-order valence-electron chi connectivity index (χ3n) is 3.70. The van der Waals surface area contributed by atoms with E-state index in [0.29, 0.717) is 12.8 Å². The van der Waals surface area contributed by atoms with Crippen LogP contribution in [0.1, 0.15) is 17.5 Å². The number of hydrogen-bond acceptors (Lipinski definition) is 2. The van der Waals surface area contributed by atoms with Gasteiger partial charge in [-0.15, -0.1) is 0 Å². The number of rotatable bonds is 5. The molecule has 3 rings (SSSR count). The lowest BCUT2D eigenvalue weighted by Crippen LogP contribution is -2.12. The molecule has 1 heterocycles. The fraction of sp³-hybridized carbons (Fsp3) is 0.158. The monoisotopic (exact) mass is 383 g/mol. The molecule has 0 aliphatic rings. The summed E-state index contributed by atoms with van der Waals surface area (Å²) in [4.78, 5) is 12.1. The van der Waals surface area contributed by atoms with E-state index in [9.17, 15) is 4.79 Å². The second-order valence-electron chi connectivity index (χ2n) is 5.66. The van der Waals surface area contributed by atoms with Crippen molar-refractivity contribution in [2.24, 2.45) is 0 Å². The van der Waals surface area contributed by atoms with Crippen molar-refractivity contribution in [3.63, 3.8) is 0 Å². The number of nitrogens with one attached hydrogen (secondary N) is 1. The Hall–Kier alpha value is -2.40. The highest BCUT2D eigenvalue weighted by atomic mass is 79.9. The van der Waals surface area contributed by atoms with E-state index in [4.69, 9.17) is 0 Å². The number of carbonyl (C=O) groups is 1. The van der Waals surface area contributed by atoms with Gasteiger partial charge in [0, 0.05) is 17.1 Å². The lowest BCUT2D eigenvalue weighted by atomic mass is 10.2. The lowest BCUT2D eigenvalue weighted by molar-refractivity contribution is -0.116. The third kappa shape index (κ3) is 4.11. The maximum absolute atomic E-state index is 12.1. The summed E-state index contributed by atoms with van der Waals surface area (Å²) in [7, 11) is 0. The molecule has 1 amide bonds. The van der Waals surface area contributed by atoms with Gasteiger partial charge in [-0.2, -0.15) is 5.10 Å². The molecule has 0 aliphatic carbocycles. The van der Waals surface area contributed by atoms with E-state index < -0.39 is 0 Å². The summed E-state index contributed by atoms with van der Waals surface area (Å²) in [6.45, 7) is 2.01. The molecular formula is C19H18BrN3O. The molecular weight excluding hydrogens is 366 g/mol. The number of carbonyl (C=O) groups excluding carboxylic acids is 1. The molecule has 0 fully saturated rings. The van der Waals surface area contributed by atoms with Gasteiger partial charge in [-0.3, -0.25) is 4.79 Å². The van der Waals surface area contributed by atoms with Gasteiger partial charge in [-0.25, -0.2) is 4.68 Å². The predicted octanol–water partition coefficient (Wildman–Crippen LogP) is 4.51. The first kappa shape index (κ1) is 16.5. The van der Waals surface area contributed by atoms with Crippen molar-refractivity contribution < 1.29 is 4.79 Å². The maximum atomic E-state index is 12.1. The van der Waals surface area contributed by atoms with Crippen molar-refractivity contribution in [1.82, 2.24) is 9.78 Å². The van der Waals surface area contributed by atoms with E-state index in [1.165, 1.54) is 0 Å². The highest BCUT2D eigenvalue weighted by molar-refractivity contribution is 9.10. The quantitative estimate of drug-likeness (QED) is 0.704. The van der Waals surface area contributed by atoms with E-state index in [2.05, 4.69) is 26.3 Å². The molecule has 0 saturated carbocycles. The molecule has 0 saturated heterocycles. The van der Waals surface area contributed by atoms with Crippen LogP contribution in [0, 0.1) is 6.92 Å². The normalized spacial score (nSPS) is 10.6. The summed E-state index contributed by atoms with van der Waals surface area (Å²) in [5.74, 6) is -0.00739. The van der Waals surface area contributed by atoms with E-state index in [1.54, 1.807) is 0 Å². The van der Waals surface area contributed by atoms with Crippen LogP contribution in [0.2, 0.25) is 0 Å². The van der Waals surface area contributed by atoms with Crippen molar-refractivity contribution in [2.75, 3.05) is 5.32 Å². The molecule has 2 aromatic carbocycles. The third-order valence-corrected chi connectivity index (χ3v) is 4.35. The lowest BCUT2D eigenvalue weighted by Gasteiger charge is -2.07. The second kappa shape index (κ2) is 7.45. The van der Waals surface area contributed by atoms with Crippen molar-refractivity contribution in [1.29, 1.82) is 0 Å². The summed E-state index contributed by atoms with van der Waals surface area (Å²) < 4.78 is 2.72. The average molecular weight is 384 g/mol. The Bertz CT molecular complexity index is 843. The fourth-order valence-electron chi connectivity index (χ4n) is 2.40. The Balaban J connectivity index is 1.58. The van der Waals surface area contributed by atoms with E-state index in [0.717, 1.165) is 27.0 Å². The van der Waals surface area contributed by atoms with Gasteiger partial charge in [0.1, 0.15) is 0 Å². The van der Waals surface area contributed by atoms with Crippen LogP contribution >= 0.6 is 15.9 Å². The highest BCUT2D eigenvalue weighted by Gasteiger charge is 2.08. The molecule has 1 N–H and O–H groups in total. The number of aromatic nitrogens is 2. The number of benzene rings is 2. The van der Waals surface area contributed by atoms with Gasteiger partial charge >= 0.3 is 0 Å². The molecule has 0 unspecified atom stereocenters. The van der Waals surface area contributed by atoms with Crippen LogP contribution in [0.25, 0.3) is 5.69 Å². The molecule has 3 aromatic rings. The molecule has 4 nitrogen and oxygen atoms in total. The summed E-state index contributed by atoms with van der Waals surface area (Å²) >= 11 is 3.47. The second-order valence-corrected chi connectivity index (χ2v) is 6.51. The minimum Gasteiger partial charge on any atom is -0.325 e. The van der Waals surface area contributed by atoms with Crippen LogP contribution in [-0.2, 0) is 11.2 Å². The number of aryl methyl sites for hydroxylation is 2. The van der Waals surface area contributed by atoms with Crippen molar-refractivity contribution in [2.45, 2.75) is 19.8 Å². The molecule has 24 heavy (non-hydrogen) atoms. The van der Waals surface area contributed by atoms with Gasteiger partial charge in [0.15, 0.2) is 0 Å². The Kier molecular flexibility index (Phi) is 5.11. The van der Waals surface area contributed by atoms with Crippen LogP contribution in [0.3, 0.4) is 0 Å². The van der Waals surface area contributed by atoms with E-state index in [1.807, 2.05) is 72.5 Å². The molecule has 5 heteroatoms. The Morgan fingerprint density at radius 3 is 2.75 bits per heavy atom. The highest BCUT2D eigenvalue weighted by Crippen LogP contribution is 2.23. The van der Waals surface area contributed by atoms with Crippen molar-refractivity contribution in [3.05, 3.63) is 76.5 Å². The molecule has 0 radical (unpaired) electrons. The zero-order chi connectivity index (χ0) is 16.9. The average Bonchev–Trinajstić information content (AvgIpc) is 3.05. The molecule has 1 aromatic heterocycles. The molecule has 0 atom stereocenters. The fourth-order valence-corrected chi connectivity index (χ4v) is 3.00. The number of para-hydroxylation sites is 1. The molecule has 0 bridgehead atoms. The summed E-state index contributed by atoms with van der Waals surface area (Å²) in [6.07, 6.45) is 4.84. The number of nitrogens with zero attached hydrogens (tertiary/aromatic N) is 2. The van der Waals surface area contributed by atoms with Gasteiger partial charge in [0.05, 0.1) is 17.6 Å². The van der Waals surface area contributed by atoms with Gasteiger partial charge in [-0.05, 0) is 64.7 Å². The van der Waals surface area contributed by atoms with E-state index >= 15 is 0 Å². The van der Waals surface area contributed by atoms with Crippen LogP contribution in [-0.4, -0.2) is 15.7 Å². The van der Waals surface area contributed by atoms with Gasteiger partial charge in [0.25, 0.3) is 0 Å². The first-order valence-electron chi connectivity index (χ1n) is 7.77. The topological polar surface area (TPSA) is 46.9 Å². The van der Waals surface area contributed by atoms with Crippen LogP contribution in [0.15, 0.2) is 65.4 Å². The van der Waals surface area contributed by atoms with Gasteiger partial charge in [0.2, 0.25) is 5.91 Å². The zero-order valence-corrected chi connectivity index (χ0v) is 15.0. The number of anilines is 1. The first-order valence-corrected chi connectivity index (χ1v) is 8.56. The molecule has 0 aliphatic heterocycles. The molecule has 122 valence electrons. The number of amides is 1. The minimum absolute atomic E-state index is 0.00739. The summed E-state index contributed by atoms with van der Waals surface area (Å²) in [5.41, 5.74) is 3.99.